The van der Waals surface area contributed by atoms with Crippen LogP contribution in [0.25, 0.3) is 0 Å². The highest BCUT2D eigenvalue weighted by Crippen LogP contribution is 2.48. The second-order valence-electron chi connectivity index (χ2n) is 7.81. The molecule has 1 fully saturated rings. The first-order valence-electron chi connectivity index (χ1n) is 10.0. The summed E-state index contributed by atoms with van der Waals surface area (Å²) in [6.07, 6.45) is 2.89. The molecule has 0 saturated heterocycles. The van der Waals surface area contributed by atoms with E-state index >= 15 is 0 Å². The second kappa shape index (κ2) is 8.73. The van der Waals surface area contributed by atoms with Gasteiger partial charge in [0.05, 0.1) is 17.7 Å². The molecule has 0 spiro atoms. The number of benzene rings is 2. The smallest absolute Gasteiger partial charge is 0.188 e. The molecule has 1 heterocycles. The summed E-state index contributed by atoms with van der Waals surface area (Å²) in [5.41, 5.74) is -0.119. The van der Waals surface area contributed by atoms with Gasteiger partial charge in [-0.05, 0) is 80.3 Å². The van der Waals surface area contributed by atoms with Gasteiger partial charge in [0.15, 0.2) is 9.84 Å². The van der Waals surface area contributed by atoms with Gasteiger partial charge < -0.3 is 9.73 Å². The number of furan rings is 1. The van der Waals surface area contributed by atoms with Gasteiger partial charge in [0.25, 0.3) is 0 Å². The summed E-state index contributed by atoms with van der Waals surface area (Å²) in [5.74, 6) is -0.608. The molecular formula is C23H22ClF2NO3S. The lowest BCUT2D eigenvalue weighted by atomic mass is 9.80. The Kier molecular flexibility index (Phi) is 6.19. The molecule has 4 rings (SSSR count). The third-order valence-electron chi connectivity index (χ3n) is 6.00. The average Bonchev–Trinajstić information content (AvgIpc) is 3.28. The average molecular weight is 466 g/mol. The van der Waals surface area contributed by atoms with Crippen molar-refractivity contribution in [3.63, 3.8) is 0 Å². The van der Waals surface area contributed by atoms with Crippen molar-refractivity contribution in [1.82, 2.24) is 5.32 Å². The van der Waals surface area contributed by atoms with Crippen molar-refractivity contribution < 1.29 is 21.6 Å². The molecule has 0 radical (unpaired) electrons. The van der Waals surface area contributed by atoms with Crippen LogP contribution in [-0.4, -0.2) is 14.5 Å². The molecule has 164 valence electrons. The first-order chi connectivity index (χ1) is 14.8. The van der Waals surface area contributed by atoms with Crippen LogP contribution in [-0.2, 0) is 21.1 Å². The number of sulfone groups is 1. The summed E-state index contributed by atoms with van der Waals surface area (Å²) < 4.78 is 60.2. The van der Waals surface area contributed by atoms with Gasteiger partial charge in [0.2, 0.25) is 0 Å². The van der Waals surface area contributed by atoms with Crippen molar-refractivity contribution in [1.29, 1.82) is 0 Å². The Morgan fingerprint density at radius 2 is 1.77 bits per heavy atom. The third-order valence-corrected chi connectivity index (χ3v) is 8.80. The zero-order valence-corrected chi connectivity index (χ0v) is 18.2. The molecule has 1 aromatic heterocycles. The minimum Gasteiger partial charge on any atom is -0.468 e. The minimum atomic E-state index is -4.03. The van der Waals surface area contributed by atoms with Gasteiger partial charge in [-0.25, -0.2) is 17.2 Å². The maximum Gasteiger partial charge on any atom is 0.188 e. The molecule has 2 aromatic carbocycles. The van der Waals surface area contributed by atoms with Crippen LogP contribution in [0.5, 0.6) is 0 Å². The molecule has 0 aliphatic heterocycles. The van der Waals surface area contributed by atoms with Crippen LogP contribution in [0, 0.1) is 11.6 Å². The van der Waals surface area contributed by atoms with Crippen LogP contribution in [0.4, 0.5) is 8.78 Å². The number of rotatable bonds is 6. The van der Waals surface area contributed by atoms with Gasteiger partial charge in [-0.2, -0.15) is 0 Å². The topological polar surface area (TPSA) is 59.3 Å². The highest BCUT2D eigenvalue weighted by Gasteiger charge is 2.50. The lowest BCUT2D eigenvalue weighted by Gasteiger charge is -2.40. The SMILES string of the molecule is O=S(=O)(c1ccc(Cl)cc1)[C@]1(c2cc(F)ccc2F)CC[C@H](NCc2ccco2)CC1. The monoisotopic (exact) mass is 465 g/mol. The first-order valence-corrected chi connectivity index (χ1v) is 11.9. The fraction of sp³-hybridized carbons (Fsp3) is 0.304. The molecule has 0 bridgehead atoms. The van der Waals surface area contributed by atoms with Crippen molar-refractivity contribution in [2.24, 2.45) is 0 Å². The van der Waals surface area contributed by atoms with Crippen LogP contribution < -0.4 is 5.32 Å². The predicted octanol–water partition coefficient (Wildman–Crippen LogP) is 5.61. The van der Waals surface area contributed by atoms with E-state index in [1.807, 2.05) is 6.07 Å². The van der Waals surface area contributed by atoms with Crippen LogP contribution in [0.15, 0.2) is 70.2 Å². The van der Waals surface area contributed by atoms with Crippen molar-refractivity contribution in [3.8, 4) is 0 Å². The van der Waals surface area contributed by atoms with E-state index in [4.69, 9.17) is 16.0 Å². The van der Waals surface area contributed by atoms with Gasteiger partial charge in [-0.15, -0.1) is 0 Å². The lowest BCUT2D eigenvalue weighted by molar-refractivity contribution is 0.295. The Morgan fingerprint density at radius 1 is 1.06 bits per heavy atom. The highest BCUT2D eigenvalue weighted by atomic mass is 35.5. The van der Waals surface area contributed by atoms with E-state index in [0.717, 1.165) is 24.0 Å². The Hall–Kier alpha value is -2.22. The third kappa shape index (κ3) is 4.27. The molecule has 1 N–H and O–H groups in total. The molecule has 8 heteroatoms. The largest absolute Gasteiger partial charge is 0.468 e. The number of nitrogens with one attached hydrogen (secondary N) is 1. The Morgan fingerprint density at radius 3 is 2.42 bits per heavy atom. The van der Waals surface area contributed by atoms with Gasteiger partial charge in [0, 0.05) is 16.6 Å². The van der Waals surface area contributed by atoms with E-state index in [0.29, 0.717) is 24.4 Å². The van der Waals surface area contributed by atoms with E-state index < -0.39 is 26.2 Å². The molecule has 0 amide bonds. The zero-order valence-electron chi connectivity index (χ0n) is 16.7. The predicted molar refractivity (Wildman–Crippen MR) is 114 cm³/mol. The molecule has 0 atom stereocenters. The maximum absolute atomic E-state index is 14.9. The van der Waals surface area contributed by atoms with E-state index in [1.165, 1.54) is 24.3 Å². The van der Waals surface area contributed by atoms with Crippen LogP contribution in [0.2, 0.25) is 5.02 Å². The van der Waals surface area contributed by atoms with Gasteiger partial charge >= 0.3 is 0 Å². The Balaban J connectivity index is 1.68. The molecule has 0 unspecified atom stereocenters. The van der Waals surface area contributed by atoms with Crippen LogP contribution >= 0.6 is 11.6 Å². The summed E-state index contributed by atoms with van der Waals surface area (Å²) in [7, 11) is -4.03. The fourth-order valence-electron chi connectivity index (χ4n) is 4.32. The fourth-order valence-corrected chi connectivity index (χ4v) is 6.61. The quantitative estimate of drug-likeness (QED) is 0.513. The van der Waals surface area contributed by atoms with Crippen LogP contribution in [0.1, 0.15) is 37.0 Å². The van der Waals surface area contributed by atoms with Gasteiger partial charge in [0.1, 0.15) is 22.1 Å². The summed E-state index contributed by atoms with van der Waals surface area (Å²) >= 11 is 5.92. The molecule has 1 saturated carbocycles. The van der Waals surface area contributed by atoms with E-state index in [9.17, 15) is 17.2 Å². The molecule has 4 nitrogen and oxygen atoms in total. The van der Waals surface area contributed by atoms with E-state index in [2.05, 4.69) is 5.32 Å². The van der Waals surface area contributed by atoms with Gasteiger partial charge in [-0.3, -0.25) is 0 Å². The van der Waals surface area contributed by atoms with Crippen molar-refractivity contribution >= 4 is 21.4 Å². The number of hydrogen-bond donors (Lipinski definition) is 1. The zero-order chi connectivity index (χ0) is 22.1. The van der Waals surface area contributed by atoms with Gasteiger partial charge in [-0.1, -0.05) is 11.6 Å². The standard InChI is InChI=1S/C23H22ClF2NO3S/c24-16-3-6-20(7-4-16)31(28,29)23(21-14-17(25)5-8-22(21)26)11-9-18(10-12-23)27-15-19-2-1-13-30-19/h1-8,13-14,18,27H,9-12,15H2/t18-,23+. The molecule has 1 aliphatic carbocycles. The van der Waals surface area contributed by atoms with Crippen LogP contribution in [0.3, 0.4) is 0 Å². The number of halogens is 3. The Bertz CT molecular complexity index is 1140. The maximum atomic E-state index is 14.9. The Labute approximate surface area is 185 Å². The molecular weight excluding hydrogens is 444 g/mol. The summed E-state index contributed by atoms with van der Waals surface area (Å²) in [5, 5.41) is 3.76. The summed E-state index contributed by atoms with van der Waals surface area (Å²) in [4.78, 5) is 0.0440. The molecule has 31 heavy (non-hydrogen) atoms. The first kappa shape index (κ1) is 22.0. The molecule has 1 aliphatic rings. The summed E-state index contributed by atoms with van der Waals surface area (Å²) in [6, 6.07) is 12.5. The molecule has 3 aromatic rings. The normalized spacial score (nSPS) is 21.8. The minimum absolute atomic E-state index is 0.0373. The second-order valence-corrected chi connectivity index (χ2v) is 10.5. The lowest BCUT2D eigenvalue weighted by Crippen LogP contribution is -2.44. The van der Waals surface area contributed by atoms with Crippen molar-refractivity contribution in [3.05, 3.63) is 88.8 Å². The summed E-state index contributed by atoms with van der Waals surface area (Å²) in [6.45, 7) is 0.517. The van der Waals surface area contributed by atoms with E-state index in [-0.39, 0.29) is 29.3 Å². The van der Waals surface area contributed by atoms with Crippen molar-refractivity contribution in [2.45, 2.75) is 47.9 Å². The van der Waals surface area contributed by atoms with E-state index in [1.54, 1.807) is 12.3 Å². The highest BCUT2D eigenvalue weighted by molar-refractivity contribution is 7.92. The van der Waals surface area contributed by atoms with Crippen molar-refractivity contribution in [2.75, 3.05) is 0 Å². The number of hydrogen-bond acceptors (Lipinski definition) is 4.